The maximum atomic E-state index is 12.8. The number of carbonyl (C=O) groups is 3. The minimum Gasteiger partial charge on any atom is -0.322 e. The van der Waals surface area contributed by atoms with E-state index in [-0.39, 0.29) is 28.9 Å². The van der Waals surface area contributed by atoms with Crippen LogP contribution in [0, 0.1) is 0 Å². The molecule has 0 spiro atoms. The van der Waals surface area contributed by atoms with Crippen LogP contribution in [0.3, 0.4) is 0 Å². The SMILES string of the molecule is O=C(Nc1cccc(C(F)(F)F)c1)c1ccc(CN2C(=O)S/C(=C\c3cccs3)C2=O)cc1. The summed E-state index contributed by atoms with van der Waals surface area (Å²) in [5.74, 6) is -0.962. The highest BCUT2D eigenvalue weighted by molar-refractivity contribution is 8.18. The standard InChI is InChI=1S/C23H15F3N2O3S2/c24-23(25,26)16-3-1-4-17(11-16)27-20(29)15-8-6-14(7-9-15)13-28-21(30)19(33-22(28)31)12-18-5-2-10-32-18/h1-12H,13H2,(H,27,29)/b19-12-. The van der Waals surface area contributed by atoms with Gasteiger partial charge in [0, 0.05) is 16.1 Å². The monoisotopic (exact) mass is 488 g/mol. The Bertz CT molecular complexity index is 1240. The molecule has 3 aromatic rings. The predicted octanol–water partition coefficient (Wildman–Crippen LogP) is 6.26. The van der Waals surface area contributed by atoms with E-state index in [1.54, 1.807) is 18.2 Å². The number of halogens is 3. The summed E-state index contributed by atoms with van der Waals surface area (Å²) in [4.78, 5) is 39.6. The van der Waals surface area contributed by atoms with Gasteiger partial charge in [-0.25, -0.2) is 0 Å². The first-order valence-corrected chi connectivity index (χ1v) is 11.3. The van der Waals surface area contributed by atoms with Crippen LogP contribution < -0.4 is 5.32 Å². The molecule has 3 amide bonds. The third-order valence-corrected chi connectivity index (χ3v) is 6.42. The number of nitrogens with one attached hydrogen (secondary N) is 1. The first kappa shape index (κ1) is 22.8. The van der Waals surface area contributed by atoms with Crippen LogP contribution in [0.4, 0.5) is 23.7 Å². The van der Waals surface area contributed by atoms with Gasteiger partial charge in [0.2, 0.25) is 0 Å². The van der Waals surface area contributed by atoms with E-state index in [9.17, 15) is 27.6 Å². The highest BCUT2D eigenvalue weighted by Gasteiger charge is 2.35. The van der Waals surface area contributed by atoms with Gasteiger partial charge < -0.3 is 5.32 Å². The van der Waals surface area contributed by atoms with E-state index in [1.807, 2.05) is 17.5 Å². The van der Waals surface area contributed by atoms with Crippen molar-refractivity contribution in [2.24, 2.45) is 0 Å². The molecule has 1 saturated heterocycles. The number of benzene rings is 2. The molecule has 4 rings (SSSR count). The van der Waals surface area contributed by atoms with Crippen molar-refractivity contribution in [1.29, 1.82) is 0 Å². The van der Waals surface area contributed by atoms with Crippen molar-refractivity contribution in [2.75, 3.05) is 5.32 Å². The Morgan fingerprint density at radius 2 is 1.79 bits per heavy atom. The average molecular weight is 489 g/mol. The minimum atomic E-state index is -4.51. The predicted molar refractivity (Wildman–Crippen MR) is 122 cm³/mol. The van der Waals surface area contributed by atoms with Gasteiger partial charge in [0.15, 0.2) is 0 Å². The lowest BCUT2D eigenvalue weighted by Crippen LogP contribution is -2.27. The first-order chi connectivity index (χ1) is 15.7. The third kappa shape index (κ3) is 5.35. The molecule has 33 heavy (non-hydrogen) atoms. The summed E-state index contributed by atoms with van der Waals surface area (Å²) in [5, 5.41) is 3.93. The zero-order valence-electron chi connectivity index (χ0n) is 16.8. The molecule has 2 heterocycles. The molecule has 5 nitrogen and oxygen atoms in total. The van der Waals surface area contributed by atoms with Crippen LogP contribution in [-0.2, 0) is 17.5 Å². The molecule has 2 aromatic carbocycles. The topological polar surface area (TPSA) is 66.5 Å². The van der Waals surface area contributed by atoms with Crippen LogP contribution in [0.25, 0.3) is 6.08 Å². The summed E-state index contributed by atoms with van der Waals surface area (Å²) in [6.07, 6.45) is -2.83. The van der Waals surface area contributed by atoms with E-state index in [4.69, 9.17) is 0 Å². The van der Waals surface area contributed by atoms with Gasteiger partial charge in [-0.3, -0.25) is 19.3 Å². The molecule has 0 atom stereocenters. The number of imide groups is 1. The van der Waals surface area contributed by atoms with E-state index in [2.05, 4.69) is 5.32 Å². The number of amides is 3. The molecule has 0 unspecified atom stereocenters. The summed E-state index contributed by atoms with van der Waals surface area (Å²) >= 11 is 2.33. The van der Waals surface area contributed by atoms with Crippen molar-refractivity contribution in [3.63, 3.8) is 0 Å². The Kier molecular flexibility index (Phi) is 6.39. The Morgan fingerprint density at radius 3 is 2.45 bits per heavy atom. The fourth-order valence-corrected chi connectivity index (χ4v) is 4.62. The number of carbonyl (C=O) groups excluding carboxylic acids is 3. The fraction of sp³-hybridized carbons (Fsp3) is 0.0870. The normalized spacial score (nSPS) is 15.4. The Labute approximate surface area is 194 Å². The van der Waals surface area contributed by atoms with Crippen LogP contribution in [-0.4, -0.2) is 22.0 Å². The van der Waals surface area contributed by atoms with Crippen molar-refractivity contribution >= 4 is 51.9 Å². The molecule has 1 fully saturated rings. The van der Waals surface area contributed by atoms with Gasteiger partial charge in [-0.05, 0) is 65.2 Å². The number of rotatable bonds is 5. The molecule has 0 aliphatic carbocycles. The second-order valence-electron chi connectivity index (χ2n) is 7.01. The average Bonchev–Trinajstić information content (AvgIpc) is 3.38. The van der Waals surface area contributed by atoms with Crippen molar-refractivity contribution < 1.29 is 27.6 Å². The number of alkyl halides is 3. The summed E-state index contributed by atoms with van der Waals surface area (Å²) in [7, 11) is 0. The summed E-state index contributed by atoms with van der Waals surface area (Å²) in [5.41, 5.74) is 0.0170. The second-order valence-corrected chi connectivity index (χ2v) is 8.99. The van der Waals surface area contributed by atoms with Gasteiger partial charge in [-0.1, -0.05) is 24.3 Å². The molecule has 1 aromatic heterocycles. The number of hydrogen-bond donors (Lipinski definition) is 1. The minimum absolute atomic E-state index is 0.0224. The molecule has 168 valence electrons. The highest BCUT2D eigenvalue weighted by atomic mass is 32.2. The molecular formula is C23H15F3N2O3S2. The maximum absolute atomic E-state index is 12.8. The number of thiophene rings is 1. The smallest absolute Gasteiger partial charge is 0.322 e. The largest absolute Gasteiger partial charge is 0.416 e. The molecule has 0 saturated carbocycles. The Morgan fingerprint density at radius 1 is 1.03 bits per heavy atom. The van der Waals surface area contributed by atoms with Crippen molar-refractivity contribution in [2.45, 2.75) is 12.7 Å². The molecular weight excluding hydrogens is 473 g/mol. The number of anilines is 1. The third-order valence-electron chi connectivity index (χ3n) is 4.69. The molecule has 10 heteroatoms. The Balaban J connectivity index is 1.42. The van der Waals surface area contributed by atoms with Crippen LogP contribution in [0.15, 0.2) is 70.9 Å². The molecule has 1 aliphatic heterocycles. The molecule has 0 radical (unpaired) electrons. The molecule has 1 aliphatic rings. The van der Waals surface area contributed by atoms with Gasteiger partial charge in [0.25, 0.3) is 17.1 Å². The summed E-state index contributed by atoms with van der Waals surface area (Å²) in [6.45, 7) is 0.0436. The van der Waals surface area contributed by atoms with Crippen LogP contribution in [0.2, 0.25) is 0 Å². The molecule has 0 bridgehead atoms. The van der Waals surface area contributed by atoms with Crippen molar-refractivity contribution in [1.82, 2.24) is 4.90 Å². The van der Waals surface area contributed by atoms with Gasteiger partial charge in [0.1, 0.15) is 0 Å². The van der Waals surface area contributed by atoms with Crippen LogP contribution in [0.5, 0.6) is 0 Å². The maximum Gasteiger partial charge on any atom is 0.416 e. The highest BCUT2D eigenvalue weighted by Crippen LogP contribution is 2.34. The van der Waals surface area contributed by atoms with E-state index in [0.717, 1.165) is 33.7 Å². The van der Waals surface area contributed by atoms with Crippen molar-refractivity contribution in [3.8, 4) is 0 Å². The van der Waals surface area contributed by atoms with E-state index in [0.29, 0.717) is 10.5 Å². The van der Waals surface area contributed by atoms with Gasteiger partial charge in [-0.15, -0.1) is 11.3 Å². The first-order valence-electron chi connectivity index (χ1n) is 9.57. The van der Waals surface area contributed by atoms with Crippen LogP contribution in [0.1, 0.15) is 26.4 Å². The second kappa shape index (κ2) is 9.24. The lowest BCUT2D eigenvalue weighted by atomic mass is 10.1. The van der Waals surface area contributed by atoms with Gasteiger partial charge >= 0.3 is 6.18 Å². The number of thioether (sulfide) groups is 1. The van der Waals surface area contributed by atoms with Gasteiger partial charge in [0.05, 0.1) is 17.0 Å². The zero-order chi connectivity index (χ0) is 23.6. The fourth-order valence-electron chi connectivity index (χ4n) is 3.06. The van der Waals surface area contributed by atoms with E-state index < -0.39 is 17.6 Å². The number of nitrogens with zero attached hydrogens (tertiary/aromatic N) is 1. The summed E-state index contributed by atoms with van der Waals surface area (Å²) < 4.78 is 38.5. The lowest BCUT2D eigenvalue weighted by molar-refractivity contribution is -0.137. The zero-order valence-corrected chi connectivity index (χ0v) is 18.4. The van der Waals surface area contributed by atoms with Crippen molar-refractivity contribution in [3.05, 3.63) is 92.5 Å². The van der Waals surface area contributed by atoms with E-state index >= 15 is 0 Å². The van der Waals surface area contributed by atoms with E-state index in [1.165, 1.54) is 35.6 Å². The lowest BCUT2D eigenvalue weighted by Gasteiger charge is -2.13. The number of hydrogen-bond acceptors (Lipinski definition) is 5. The van der Waals surface area contributed by atoms with Crippen LogP contribution >= 0.6 is 23.1 Å². The summed E-state index contributed by atoms with van der Waals surface area (Å²) in [6, 6.07) is 14.2. The Hall–Kier alpha value is -3.37. The quantitative estimate of drug-likeness (QED) is 0.431. The molecule has 1 N–H and O–H groups in total. The van der Waals surface area contributed by atoms with Gasteiger partial charge in [-0.2, -0.15) is 13.2 Å².